The molecule has 0 fully saturated rings. The molecule has 0 aromatic carbocycles. The largest absolute Gasteiger partial charge is 0.354 e. The molecule has 17 heavy (non-hydrogen) atoms. The van der Waals surface area contributed by atoms with E-state index in [1.54, 1.807) is 0 Å². The van der Waals surface area contributed by atoms with Gasteiger partial charge in [-0.1, -0.05) is 27.7 Å². The average molecular weight is 243 g/mol. The molecule has 2 amide bonds. The number of carbonyl (C=O) groups excluding carboxylic acids is 2. The zero-order chi connectivity index (χ0) is 13.4. The van der Waals surface area contributed by atoms with Crippen LogP contribution in [0.1, 0.15) is 34.1 Å². The molecular formula is C12H25N3O2. The van der Waals surface area contributed by atoms with Crippen LogP contribution in [0.2, 0.25) is 0 Å². The van der Waals surface area contributed by atoms with E-state index in [0.29, 0.717) is 24.8 Å². The Hall–Kier alpha value is -1.10. The van der Waals surface area contributed by atoms with Gasteiger partial charge in [-0.05, 0) is 18.3 Å². The van der Waals surface area contributed by atoms with Gasteiger partial charge in [-0.2, -0.15) is 0 Å². The van der Waals surface area contributed by atoms with Crippen molar-refractivity contribution in [2.75, 3.05) is 13.1 Å². The Morgan fingerprint density at radius 1 is 1.06 bits per heavy atom. The van der Waals surface area contributed by atoms with Crippen LogP contribution < -0.4 is 16.4 Å². The number of amides is 2. The molecule has 0 aromatic rings. The SMILES string of the molecule is CC(C)CNC(=O)CNC(=O)[C@@H](N)CC(C)C. The van der Waals surface area contributed by atoms with Crippen molar-refractivity contribution in [3.8, 4) is 0 Å². The van der Waals surface area contributed by atoms with E-state index in [-0.39, 0.29) is 18.4 Å². The number of carbonyl (C=O) groups is 2. The topological polar surface area (TPSA) is 84.2 Å². The van der Waals surface area contributed by atoms with Crippen LogP contribution in [0.4, 0.5) is 0 Å². The predicted octanol–water partition coefficient (Wildman–Crippen LogP) is 0.248. The molecule has 0 bridgehead atoms. The van der Waals surface area contributed by atoms with Crippen molar-refractivity contribution in [1.82, 2.24) is 10.6 Å². The van der Waals surface area contributed by atoms with Crippen molar-refractivity contribution in [1.29, 1.82) is 0 Å². The van der Waals surface area contributed by atoms with Gasteiger partial charge in [-0.3, -0.25) is 9.59 Å². The first-order valence-corrected chi connectivity index (χ1v) is 6.13. The highest BCUT2D eigenvalue weighted by molar-refractivity contribution is 5.87. The Balaban J connectivity index is 3.79. The maximum absolute atomic E-state index is 11.5. The third-order valence-electron chi connectivity index (χ3n) is 2.19. The molecule has 1 atom stereocenters. The van der Waals surface area contributed by atoms with E-state index in [9.17, 15) is 9.59 Å². The van der Waals surface area contributed by atoms with Gasteiger partial charge in [0.2, 0.25) is 11.8 Å². The zero-order valence-electron chi connectivity index (χ0n) is 11.2. The van der Waals surface area contributed by atoms with Gasteiger partial charge in [0.1, 0.15) is 0 Å². The van der Waals surface area contributed by atoms with Crippen LogP contribution in [-0.4, -0.2) is 30.9 Å². The average Bonchev–Trinajstić information content (AvgIpc) is 2.21. The van der Waals surface area contributed by atoms with E-state index in [1.807, 2.05) is 27.7 Å². The molecule has 0 heterocycles. The van der Waals surface area contributed by atoms with Gasteiger partial charge >= 0.3 is 0 Å². The highest BCUT2D eigenvalue weighted by Crippen LogP contribution is 2.02. The second-order valence-electron chi connectivity index (χ2n) is 5.15. The third-order valence-corrected chi connectivity index (χ3v) is 2.19. The first-order valence-electron chi connectivity index (χ1n) is 6.13. The second-order valence-corrected chi connectivity index (χ2v) is 5.15. The molecule has 0 rings (SSSR count). The molecule has 0 saturated heterocycles. The molecule has 0 aromatic heterocycles. The smallest absolute Gasteiger partial charge is 0.239 e. The standard InChI is InChI=1S/C12H25N3O2/c1-8(2)5-10(13)12(17)15-7-11(16)14-6-9(3)4/h8-10H,5-7,13H2,1-4H3,(H,14,16)(H,15,17)/t10-/m0/s1. The second kappa shape index (κ2) is 8.06. The Morgan fingerprint density at radius 3 is 2.12 bits per heavy atom. The minimum Gasteiger partial charge on any atom is -0.354 e. The monoisotopic (exact) mass is 243 g/mol. The number of nitrogens with two attached hydrogens (primary N) is 1. The van der Waals surface area contributed by atoms with Gasteiger partial charge in [0, 0.05) is 6.54 Å². The molecule has 0 aliphatic heterocycles. The van der Waals surface area contributed by atoms with Crippen LogP contribution in [0, 0.1) is 11.8 Å². The summed E-state index contributed by atoms with van der Waals surface area (Å²) in [4.78, 5) is 22.8. The highest BCUT2D eigenvalue weighted by Gasteiger charge is 2.15. The van der Waals surface area contributed by atoms with Crippen LogP contribution in [0.15, 0.2) is 0 Å². The Bertz CT molecular complexity index is 252. The Labute approximate surface area is 104 Å². The molecule has 4 N–H and O–H groups in total. The van der Waals surface area contributed by atoms with Gasteiger partial charge < -0.3 is 16.4 Å². The van der Waals surface area contributed by atoms with Gasteiger partial charge in [-0.25, -0.2) is 0 Å². The molecule has 5 heteroatoms. The minimum atomic E-state index is -0.534. The van der Waals surface area contributed by atoms with Crippen LogP contribution in [0.3, 0.4) is 0 Å². The van der Waals surface area contributed by atoms with Gasteiger partial charge in [0.15, 0.2) is 0 Å². The van der Waals surface area contributed by atoms with E-state index in [4.69, 9.17) is 5.73 Å². The lowest BCUT2D eigenvalue weighted by atomic mass is 10.0. The predicted molar refractivity (Wildman–Crippen MR) is 68.3 cm³/mol. The fraction of sp³-hybridized carbons (Fsp3) is 0.833. The summed E-state index contributed by atoms with van der Waals surface area (Å²) >= 11 is 0. The minimum absolute atomic E-state index is 0.00263. The Kier molecular flexibility index (Phi) is 7.54. The molecule has 0 aliphatic carbocycles. The third kappa shape index (κ3) is 8.68. The molecule has 0 spiro atoms. The normalized spacial score (nSPS) is 12.6. The molecule has 0 saturated carbocycles. The summed E-state index contributed by atoms with van der Waals surface area (Å²) in [5.41, 5.74) is 5.68. The quantitative estimate of drug-likeness (QED) is 0.599. The number of rotatable bonds is 7. The molecular weight excluding hydrogens is 218 g/mol. The lowest BCUT2D eigenvalue weighted by Crippen LogP contribution is -2.45. The Morgan fingerprint density at radius 2 is 1.65 bits per heavy atom. The van der Waals surface area contributed by atoms with E-state index in [1.165, 1.54) is 0 Å². The lowest BCUT2D eigenvalue weighted by Gasteiger charge is -2.14. The zero-order valence-corrected chi connectivity index (χ0v) is 11.2. The first kappa shape index (κ1) is 15.9. The van der Waals surface area contributed by atoms with Crippen molar-refractivity contribution in [2.24, 2.45) is 17.6 Å². The van der Waals surface area contributed by atoms with Crippen LogP contribution in [0.5, 0.6) is 0 Å². The lowest BCUT2D eigenvalue weighted by molar-refractivity contribution is -0.127. The van der Waals surface area contributed by atoms with Crippen molar-refractivity contribution < 1.29 is 9.59 Å². The number of hydrogen-bond acceptors (Lipinski definition) is 3. The van der Waals surface area contributed by atoms with Crippen LogP contribution >= 0.6 is 0 Å². The number of hydrogen-bond donors (Lipinski definition) is 3. The van der Waals surface area contributed by atoms with Crippen molar-refractivity contribution in [2.45, 2.75) is 40.2 Å². The van der Waals surface area contributed by atoms with Crippen LogP contribution in [0.25, 0.3) is 0 Å². The van der Waals surface area contributed by atoms with E-state index in [0.717, 1.165) is 0 Å². The maximum Gasteiger partial charge on any atom is 0.239 e. The fourth-order valence-corrected chi connectivity index (χ4v) is 1.29. The summed E-state index contributed by atoms with van der Waals surface area (Å²) in [5, 5.41) is 5.26. The van der Waals surface area contributed by atoms with Crippen molar-refractivity contribution in [3.05, 3.63) is 0 Å². The molecule has 0 unspecified atom stereocenters. The van der Waals surface area contributed by atoms with Crippen molar-refractivity contribution >= 4 is 11.8 Å². The fourth-order valence-electron chi connectivity index (χ4n) is 1.29. The summed E-state index contributed by atoms with van der Waals surface area (Å²) < 4.78 is 0. The molecule has 0 radical (unpaired) electrons. The number of nitrogens with one attached hydrogen (secondary N) is 2. The van der Waals surface area contributed by atoms with E-state index in [2.05, 4.69) is 10.6 Å². The highest BCUT2D eigenvalue weighted by atomic mass is 16.2. The molecule has 0 aliphatic rings. The summed E-state index contributed by atoms with van der Waals surface area (Å²) in [5.74, 6) is 0.325. The first-order chi connectivity index (χ1) is 7.82. The van der Waals surface area contributed by atoms with Crippen LogP contribution in [-0.2, 0) is 9.59 Å². The maximum atomic E-state index is 11.5. The van der Waals surface area contributed by atoms with E-state index < -0.39 is 6.04 Å². The van der Waals surface area contributed by atoms with E-state index >= 15 is 0 Å². The summed E-state index contributed by atoms with van der Waals surface area (Å²) in [6.45, 7) is 8.64. The summed E-state index contributed by atoms with van der Waals surface area (Å²) in [6, 6.07) is -0.534. The molecule has 100 valence electrons. The van der Waals surface area contributed by atoms with Gasteiger partial charge in [0.05, 0.1) is 12.6 Å². The van der Waals surface area contributed by atoms with Gasteiger partial charge in [-0.15, -0.1) is 0 Å². The summed E-state index contributed by atoms with van der Waals surface area (Å²) in [7, 11) is 0. The molecule has 5 nitrogen and oxygen atoms in total. The van der Waals surface area contributed by atoms with Gasteiger partial charge in [0.25, 0.3) is 0 Å². The summed E-state index contributed by atoms with van der Waals surface area (Å²) in [6.07, 6.45) is 0.624. The van der Waals surface area contributed by atoms with Crippen molar-refractivity contribution in [3.63, 3.8) is 0 Å².